The molecule has 3 heterocycles. The fraction of sp³-hybridized carbons (Fsp3) is 0.176. The zero-order chi connectivity index (χ0) is 20.3. The molecule has 0 fully saturated rings. The molecule has 0 spiro atoms. The predicted molar refractivity (Wildman–Crippen MR) is 90.6 cm³/mol. The lowest BCUT2D eigenvalue weighted by molar-refractivity contribution is -0.154. The van der Waals surface area contributed by atoms with Crippen LogP contribution < -0.4 is 15.6 Å². The maximum atomic E-state index is 12.4. The number of halogens is 3. The summed E-state index contributed by atoms with van der Waals surface area (Å²) in [5.74, 6) is -1.56. The molecule has 0 bridgehead atoms. The van der Waals surface area contributed by atoms with Gasteiger partial charge in [-0.3, -0.25) is 24.8 Å². The molecule has 0 radical (unpaired) electrons. The van der Waals surface area contributed by atoms with E-state index < -0.39 is 24.6 Å². The van der Waals surface area contributed by atoms with Gasteiger partial charge in [-0.05, 0) is 25.1 Å². The number of aromatic nitrogens is 3. The van der Waals surface area contributed by atoms with Crippen LogP contribution in [0.4, 0.5) is 13.2 Å². The van der Waals surface area contributed by atoms with Gasteiger partial charge in [-0.1, -0.05) is 6.07 Å². The Hall–Kier alpha value is -3.63. The lowest BCUT2D eigenvalue weighted by Crippen LogP contribution is -2.42. The number of ether oxygens (including phenoxy) is 1. The van der Waals surface area contributed by atoms with Crippen LogP contribution >= 0.6 is 0 Å². The van der Waals surface area contributed by atoms with E-state index in [0.717, 1.165) is 12.3 Å². The molecule has 0 aliphatic carbocycles. The van der Waals surface area contributed by atoms with Crippen molar-refractivity contribution in [3.63, 3.8) is 0 Å². The highest BCUT2D eigenvalue weighted by Crippen LogP contribution is 2.17. The van der Waals surface area contributed by atoms with E-state index in [0.29, 0.717) is 11.3 Å². The number of hydrazine groups is 1. The third kappa shape index (κ3) is 4.37. The summed E-state index contributed by atoms with van der Waals surface area (Å²) >= 11 is 0. The van der Waals surface area contributed by atoms with Gasteiger partial charge < -0.3 is 4.74 Å². The Labute approximate surface area is 156 Å². The normalized spacial score (nSPS) is 11.3. The van der Waals surface area contributed by atoms with Crippen LogP contribution in [0.15, 0.2) is 42.7 Å². The quantitative estimate of drug-likeness (QED) is 0.662. The summed E-state index contributed by atoms with van der Waals surface area (Å²) < 4.78 is 42.3. The highest BCUT2D eigenvalue weighted by molar-refractivity contribution is 5.99. The highest BCUT2D eigenvalue weighted by Gasteiger charge is 2.28. The minimum atomic E-state index is -4.49. The van der Waals surface area contributed by atoms with E-state index >= 15 is 0 Å². The fourth-order valence-electron chi connectivity index (χ4n) is 2.39. The van der Waals surface area contributed by atoms with Gasteiger partial charge in [-0.15, -0.1) is 0 Å². The molecule has 3 aromatic heterocycles. The highest BCUT2D eigenvalue weighted by atomic mass is 19.4. The monoisotopic (exact) mass is 393 g/mol. The molecule has 0 atom stereocenters. The van der Waals surface area contributed by atoms with Crippen LogP contribution in [0.1, 0.15) is 26.5 Å². The summed E-state index contributed by atoms with van der Waals surface area (Å²) in [5.41, 5.74) is 5.82. The predicted octanol–water partition coefficient (Wildman–Crippen LogP) is 2.05. The van der Waals surface area contributed by atoms with Gasteiger partial charge in [0, 0.05) is 18.5 Å². The van der Waals surface area contributed by atoms with Gasteiger partial charge in [0.1, 0.15) is 11.3 Å². The lowest BCUT2D eigenvalue weighted by Gasteiger charge is -2.09. The van der Waals surface area contributed by atoms with E-state index in [1.165, 1.54) is 6.07 Å². The first-order valence-corrected chi connectivity index (χ1v) is 7.94. The number of alkyl halides is 3. The van der Waals surface area contributed by atoms with Crippen molar-refractivity contribution in [3.05, 3.63) is 59.7 Å². The number of hydrogen-bond acceptors (Lipinski definition) is 5. The minimum Gasteiger partial charge on any atom is -0.468 e. The minimum absolute atomic E-state index is 0.0227. The Morgan fingerprint density at radius 3 is 2.57 bits per heavy atom. The molecule has 3 aromatic rings. The van der Waals surface area contributed by atoms with E-state index in [-0.39, 0.29) is 17.1 Å². The number of aryl methyl sites for hydroxylation is 1. The molecular formula is C17H14F3N5O3. The van der Waals surface area contributed by atoms with Crippen LogP contribution in [-0.2, 0) is 0 Å². The van der Waals surface area contributed by atoms with Crippen LogP contribution in [0.25, 0.3) is 5.65 Å². The molecule has 2 N–H and O–H groups in total. The summed E-state index contributed by atoms with van der Waals surface area (Å²) in [7, 11) is 0. The average molecular weight is 393 g/mol. The topological polar surface area (TPSA) is 97.6 Å². The number of pyridine rings is 2. The Morgan fingerprint density at radius 2 is 1.89 bits per heavy atom. The van der Waals surface area contributed by atoms with Crippen LogP contribution in [0, 0.1) is 6.92 Å². The third-order valence-corrected chi connectivity index (χ3v) is 3.59. The summed E-state index contributed by atoms with van der Waals surface area (Å²) in [6.45, 7) is 0.174. The van der Waals surface area contributed by atoms with Crippen molar-refractivity contribution in [2.45, 2.75) is 13.1 Å². The summed E-state index contributed by atoms with van der Waals surface area (Å²) in [6.07, 6.45) is -1.79. The molecule has 0 unspecified atom stereocenters. The number of carbonyl (C=O) groups excluding carboxylic acids is 2. The number of amides is 2. The van der Waals surface area contributed by atoms with Gasteiger partial charge >= 0.3 is 6.18 Å². The first-order valence-electron chi connectivity index (χ1n) is 7.94. The van der Waals surface area contributed by atoms with Crippen molar-refractivity contribution in [3.8, 4) is 5.88 Å². The zero-order valence-electron chi connectivity index (χ0n) is 14.4. The van der Waals surface area contributed by atoms with E-state index in [4.69, 9.17) is 0 Å². The maximum Gasteiger partial charge on any atom is 0.422 e. The van der Waals surface area contributed by atoms with E-state index in [1.54, 1.807) is 35.7 Å². The van der Waals surface area contributed by atoms with Crippen LogP contribution in [0.5, 0.6) is 5.88 Å². The van der Waals surface area contributed by atoms with E-state index in [1.807, 2.05) is 0 Å². The van der Waals surface area contributed by atoms with Crippen LogP contribution in [0.3, 0.4) is 0 Å². The Balaban J connectivity index is 1.62. The summed E-state index contributed by atoms with van der Waals surface area (Å²) in [5, 5.41) is 0. The summed E-state index contributed by atoms with van der Waals surface area (Å²) in [4.78, 5) is 32.3. The van der Waals surface area contributed by atoms with Gasteiger partial charge in [0.15, 0.2) is 6.61 Å². The lowest BCUT2D eigenvalue weighted by atomic mass is 10.3. The molecule has 8 nitrogen and oxygen atoms in total. The first-order chi connectivity index (χ1) is 13.2. The molecule has 0 saturated heterocycles. The van der Waals surface area contributed by atoms with Crippen molar-refractivity contribution < 1.29 is 27.5 Å². The summed E-state index contributed by atoms with van der Waals surface area (Å²) in [6, 6.07) is 7.59. The SMILES string of the molecule is Cc1nc2ccccn2c1C(=O)NNC(=O)c1ccc(OCC(F)(F)F)nc1. The molecule has 0 aromatic carbocycles. The Morgan fingerprint density at radius 1 is 1.14 bits per heavy atom. The van der Waals surface area contributed by atoms with Crippen molar-refractivity contribution in [1.29, 1.82) is 0 Å². The Bertz CT molecular complexity index is 1020. The van der Waals surface area contributed by atoms with Crippen molar-refractivity contribution in [2.75, 3.05) is 6.61 Å². The second-order valence-electron chi connectivity index (χ2n) is 5.67. The van der Waals surface area contributed by atoms with Crippen molar-refractivity contribution >= 4 is 17.5 Å². The van der Waals surface area contributed by atoms with Gasteiger partial charge in [0.25, 0.3) is 11.8 Å². The third-order valence-electron chi connectivity index (χ3n) is 3.59. The van der Waals surface area contributed by atoms with Gasteiger partial charge in [-0.25, -0.2) is 9.97 Å². The number of imidazole rings is 1. The molecule has 2 amide bonds. The average Bonchev–Trinajstić information content (AvgIpc) is 2.99. The number of nitrogens with one attached hydrogen (secondary N) is 2. The number of rotatable bonds is 4. The molecular weight excluding hydrogens is 379 g/mol. The molecule has 0 aliphatic rings. The number of nitrogens with zero attached hydrogens (tertiary/aromatic N) is 3. The van der Waals surface area contributed by atoms with Crippen molar-refractivity contribution in [2.24, 2.45) is 0 Å². The molecule has 0 aliphatic heterocycles. The Kier molecular flexibility index (Phi) is 5.16. The maximum absolute atomic E-state index is 12.4. The van der Waals surface area contributed by atoms with Crippen molar-refractivity contribution in [1.82, 2.24) is 25.2 Å². The molecule has 11 heteroatoms. The second-order valence-corrected chi connectivity index (χ2v) is 5.67. The second kappa shape index (κ2) is 7.55. The molecule has 3 rings (SSSR count). The number of hydrogen-bond donors (Lipinski definition) is 2. The van der Waals surface area contributed by atoms with E-state index in [9.17, 15) is 22.8 Å². The van der Waals surface area contributed by atoms with Gasteiger partial charge in [0.2, 0.25) is 5.88 Å². The molecule has 146 valence electrons. The molecule has 0 saturated carbocycles. The van der Waals surface area contributed by atoms with Crippen LogP contribution in [0.2, 0.25) is 0 Å². The smallest absolute Gasteiger partial charge is 0.422 e. The zero-order valence-corrected chi connectivity index (χ0v) is 14.4. The van der Waals surface area contributed by atoms with E-state index in [2.05, 4.69) is 25.6 Å². The van der Waals surface area contributed by atoms with Gasteiger partial charge in [-0.2, -0.15) is 13.2 Å². The fourth-order valence-corrected chi connectivity index (χ4v) is 2.39. The largest absolute Gasteiger partial charge is 0.468 e. The molecule has 28 heavy (non-hydrogen) atoms. The van der Waals surface area contributed by atoms with Crippen LogP contribution in [-0.4, -0.2) is 39.0 Å². The number of fused-ring (bicyclic) bond motifs is 1. The standard InChI is InChI=1S/C17H14F3N5O3/c1-10-14(25-7-3-2-4-12(25)22-10)16(27)24-23-15(26)11-5-6-13(21-8-11)28-9-17(18,19)20/h2-8H,9H2,1H3,(H,23,26)(H,24,27). The first kappa shape index (κ1) is 19.1. The van der Waals surface area contributed by atoms with Gasteiger partial charge in [0.05, 0.1) is 11.3 Å². The number of carbonyl (C=O) groups is 2.